The van der Waals surface area contributed by atoms with Crippen LogP contribution in [0.3, 0.4) is 0 Å². The number of hydrogen-bond donors (Lipinski definition) is 0. The van der Waals surface area contributed by atoms with Crippen LogP contribution in [0.5, 0.6) is 5.75 Å². The van der Waals surface area contributed by atoms with Gasteiger partial charge in [0, 0.05) is 77.2 Å². The van der Waals surface area contributed by atoms with Crippen molar-refractivity contribution < 1.29 is 9.53 Å². The molecule has 1 amide bonds. The van der Waals surface area contributed by atoms with E-state index in [-0.39, 0.29) is 23.1 Å². The highest BCUT2D eigenvalue weighted by Crippen LogP contribution is 2.22. The Bertz CT molecular complexity index is 1490. The zero-order valence-electron chi connectivity index (χ0n) is 21.9. The Morgan fingerprint density at radius 1 is 0.897 bits per heavy atom. The number of aromatic nitrogens is 3. The second-order valence-electron chi connectivity index (χ2n) is 10.1. The molecule has 6 rings (SSSR count). The summed E-state index contributed by atoms with van der Waals surface area (Å²) in [6.07, 6.45) is 6.34. The monoisotopic (exact) mass is 524 g/mol. The number of benzene rings is 1. The third kappa shape index (κ3) is 5.63. The third-order valence-electron chi connectivity index (χ3n) is 7.53. The number of piperazine rings is 1. The summed E-state index contributed by atoms with van der Waals surface area (Å²) in [5.41, 5.74) is 1.53. The number of amides is 1. The van der Waals surface area contributed by atoms with Crippen LogP contribution in [0.1, 0.15) is 28.8 Å². The minimum atomic E-state index is -0.334. The first kappa shape index (κ1) is 25.1. The molecule has 1 aromatic carbocycles. The molecule has 2 fully saturated rings. The van der Waals surface area contributed by atoms with Gasteiger partial charge in [-0.25, -0.2) is 9.97 Å². The number of carbonyl (C=O) groups excluding carboxylic acids is 1. The Balaban J connectivity index is 1.01. The normalized spacial score (nSPS) is 16.9. The summed E-state index contributed by atoms with van der Waals surface area (Å²) in [5.74, 6) is 1.64. The Morgan fingerprint density at radius 3 is 2.51 bits per heavy atom. The molecule has 0 unspecified atom stereocenters. The van der Waals surface area contributed by atoms with E-state index < -0.39 is 0 Å². The maximum atomic E-state index is 13.1. The molecule has 39 heavy (non-hydrogen) atoms. The lowest BCUT2D eigenvalue weighted by atomic mass is 10.1. The highest BCUT2D eigenvalue weighted by molar-refractivity contribution is 5.93. The van der Waals surface area contributed by atoms with Crippen LogP contribution >= 0.6 is 0 Å². The molecule has 0 saturated carbocycles. The van der Waals surface area contributed by atoms with Crippen LogP contribution in [0, 0.1) is 0 Å². The molecule has 200 valence electrons. The second-order valence-corrected chi connectivity index (χ2v) is 10.1. The van der Waals surface area contributed by atoms with E-state index >= 15 is 0 Å². The summed E-state index contributed by atoms with van der Waals surface area (Å²) < 4.78 is 7.74. The van der Waals surface area contributed by atoms with E-state index in [1.807, 2.05) is 36.5 Å². The van der Waals surface area contributed by atoms with Crippen LogP contribution in [0.15, 0.2) is 84.0 Å². The number of hydrogen-bond acceptors (Lipinski definition) is 7. The van der Waals surface area contributed by atoms with E-state index in [0.717, 1.165) is 44.3 Å². The molecule has 0 bridgehead atoms. The lowest BCUT2D eigenvalue weighted by molar-refractivity contribution is 0.0593. The fourth-order valence-electron chi connectivity index (χ4n) is 5.36. The molecule has 0 aliphatic carbocycles. The van der Waals surface area contributed by atoms with Crippen molar-refractivity contribution in [2.24, 2.45) is 0 Å². The highest BCUT2D eigenvalue weighted by Gasteiger charge is 2.27. The minimum Gasteiger partial charge on any atom is -0.490 e. The summed E-state index contributed by atoms with van der Waals surface area (Å²) in [6, 6.07) is 19.7. The number of piperidine rings is 1. The van der Waals surface area contributed by atoms with Gasteiger partial charge < -0.3 is 14.5 Å². The fourth-order valence-corrected chi connectivity index (χ4v) is 5.36. The average molecular weight is 525 g/mol. The first-order valence-electron chi connectivity index (χ1n) is 13.5. The molecule has 2 aliphatic heterocycles. The van der Waals surface area contributed by atoms with Crippen molar-refractivity contribution in [2.45, 2.75) is 25.5 Å². The molecule has 0 atom stereocenters. The number of pyridine rings is 2. The van der Waals surface area contributed by atoms with Gasteiger partial charge in [-0.2, -0.15) is 0 Å². The number of likely N-dealkylation sites (tertiary alicyclic amines) is 1. The minimum absolute atomic E-state index is 0.0297. The zero-order valence-corrected chi connectivity index (χ0v) is 21.9. The second kappa shape index (κ2) is 11.2. The van der Waals surface area contributed by atoms with Crippen LogP contribution in [0.2, 0.25) is 0 Å². The summed E-state index contributed by atoms with van der Waals surface area (Å²) in [5, 5.41) is 0. The van der Waals surface area contributed by atoms with Gasteiger partial charge in [0.05, 0.1) is 0 Å². The maximum absolute atomic E-state index is 13.1. The van der Waals surface area contributed by atoms with Crippen LogP contribution in [0.4, 0.5) is 5.82 Å². The van der Waals surface area contributed by atoms with Gasteiger partial charge in [0.1, 0.15) is 28.9 Å². The van der Waals surface area contributed by atoms with Gasteiger partial charge in [0.15, 0.2) is 0 Å². The van der Waals surface area contributed by atoms with Crippen molar-refractivity contribution in [1.82, 2.24) is 24.2 Å². The molecule has 3 aromatic heterocycles. The molecule has 0 radical (unpaired) electrons. The van der Waals surface area contributed by atoms with Gasteiger partial charge in [-0.05, 0) is 42.0 Å². The number of fused-ring (bicyclic) bond motifs is 1. The van der Waals surface area contributed by atoms with Gasteiger partial charge in [0.2, 0.25) is 0 Å². The summed E-state index contributed by atoms with van der Waals surface area (Å²) in [4.78, 5) is 41.2. The summed E-state index contributed by atoms with van der Waals surface area (Å²) in [6.45, 7) is 5.88. The lowest BCUT2D eigenvalue weighted by Crippen LogP contribution is -2.46. The molecule has 9 nitrogen and oxygen atoms in total. The SMILES string of the molecule is O=C(c1cnc2ccccn2c1=O)N1CCC(Oc2cccc(CN3CCN(c4ccccn4)CC3)c2)CC1. The van der Waals surface area contributed by atoms with Crippen molar-refractivity contribution in [3.8, 4) is 5.75 Å². The van der Waals surface area contributed by atoms with Crippen LogP contribution < -0.4 is 15.2 Å². The Hall–Kier alpha value is -4.24. The molecule has 4 aromatic rings. The van der Waals surface area contributed by atoms with Gasteiger partial charge in [-0.15, -0.1) is 0 Å². The predicted molar refractivity (Wildman–Crippen MR) is 149 cm³/mol. The van der Waals surface area contributed by atoms with Gasteiger partial charge in [-0.3, -0.25) is 18.9 Å². The van der Waals surface area contributed by atoms with E-state index in [0.29, 0.717) is 31.6 Å². The van der Waals surface area contributed by atoms with Crippen molar-refractivity contribution >= 4 is 17.4 Å². The first-order chi connectivity index (χ1) is 19.1. The standard InChI is InChI=1S/C30H32N6O3/c37-29(26-21-32-28-9-2-4-13-36(28)30(26)38)35-14-10-24(11-15-35)39-25-7-5-6-23(20-25)22-33-16-18-34(19-17-33)27-8-1-3-12-31-27/h1-9,12-13,20-21,24H,10-11,14-19,22H2. The molecule has 0 N–H and O–H groups in total. The van der Waals surface area contributed by atoms with E-state index in [2.05, 4.69) is 38.0 Å². The Morgan fingerprint density at radius 2 is 1.72 bits per heavy atom. The largest absolute Gasteiger partial charge is 0.490 e. The molecular weight excluding hydrogens is 492 g/mol. The molecule has 5 heterocycles. The number of ether oxygens (including phenoxy) is 1. The number of rotatable bonds is 6. The molecule has 2 saturated heterocycles. The van der Waals surface area contributed by atoms with Crippen molar-refractivity contribution in [2.75, 3.05) is 44.2 Å². The molecule has 9 heteroatoms. The quantitative estimate of drug-likeness (QED) is 0.383. The van der Waals surface area contributed by atoms with Crippen molar-refractivity contribution in [3.63, 3.8) is 0 Å². The molecule has 0 spiro atoms. The molecular formula is C30H32N6O3. The van der Waals surface area contributed by atoms with Crippen LogP contribution in [-0.4, -0.2) is 75.4 Å². The van der Waals surface area contributed by atoms with E-state index in [1.165, 1.54) is 16.2 Å². The van der Waals surface area contributed by atoms with Gasteiger partial charge >= 0.3 is 0 Å². The topological polar surface area (TPSA) is 83.3 Å². The smallest absolute Gasteiger partial charge is 0.270 e. The van der Waals surface area contributed by atoms with Crippen molar-refractivity contribution in [3.05, 3.63) is 101 Å². The van der Waals surface area contributed by atoms with Crippen molar-refractivity contribution in [1.29, 1.82) is 0 Å². The highest BCUT2D eigenvalue weighted by atomic mass is 16.5. The average Bonchev–Trinajstić information content (AvgIpc) is 2.99. The first-order valence-corrected chi connectivity index (χ1v) is 13.5. The van der Waals surface area contributed by atoms with E-state index in [1.54, 1.807) is 23.2 Å². The number of anilines is 1. The fraction of sp³-hybridized carbons (Fsp3) is 0.333. The van der Waals surface area contributed by atoms with Gasteiger partial charge in [0.25, 0.3) is 11.5 Å². The zero-order chi connectivity index (χ0) is 26.6. The Labute approximate surface area is 227 Å². The third-order valence-corrected chi connectivity index (χ3v) is 7.53. The summed E-state index contributed by atoms with van der Waals surface area (Å²) >= 11 is 0. The lowest BCUT2D eigenvalue weighted by Gasteiger charge is -2.35. The Kier molecular flexibility index (Phi) is 7.23. The maximum Gasteiger partial charge on any atom is 0.270 e. The number of nitrogens with zero attached hydrogens (tertiary/aromatic N) is 6. The summed E-state index contributed by atoms with van der Waals surface area (Å²) in [7, 11) is 0. The van der Waals surface area contributed by atoms with E-state index in [9.17, 15) is 9.59 Å². The van der Waals surface area contributed by atoms with Crippen LogP contribution in [-0.2, 0) is 6.54 Å². The predicted octanol–water partition coefficient (Wildman–Crippen LogP) is 3.10. The van der Waals surface area contributed by atoms with Gasteiger partial charge in [-0.1, -0.05) is 24.3 Å². The van der Waals surface area contributed by atoms with Crippen LogP contribution in [0.25, 0.3) is 5.65 Å². The number of carbonyl (C=O) groups is 1. The van der Waals surface area contributed by atoms with E-state index in [4.69, 9.17) is 4.74 Å². The molecule has 2 aliphatic rings.